The van der Waals surface area contributed by atoms with E-state index in [2.05, 4.69) is 38.3 Å². The minimum atomic E-state index is -5.61. The standard InChI is InChI=1S/C68H130N2O23P2/c1-5-9-13-17-21-25-29-33-37-41-51(71)45-57(75)69-61-65(91-59(77)47-53(73)43-39-35-31-27-23-19-15-11-7-3)64(80)56(50-88-94(81,82)83)89-67(61)87-49-55-63(79)66(92-60(78)48-54(74)44-40-36-32-28-24-20-16-12-8-4)62(68(90-55)93-95(84,85)86)70-58(76)46-52(72)42-38-34-30-26-22-18-14-10-6-2/h51-56,61-68,71-74,79-80H,5-50H2,1-4H3,(H,69,75)(H,70,76)(H2,81,82,83)(H2,84,85,86). The molecule has 0 aromatic carbocycles. The Kier molecular flexibility index (Phi) is 50.1. The molecule has 27 heteroatoms. The quantitative estimate of drug-likeness (QED) is 0.0153. The average molecular weight is 1410 g/mol. The molecule has 0 spiro atoms. The predicted molar refractivity (Wildman–Crippen MR) is 360 cm³/mol. The third-order valence-corrected chi connectivity index (χ3v) is 18.8. The van der Waals surface area contributed by atoms with Gasteiger partial charge in [-0.25, -0.2) is 9.13 Å². The van der Waals surface area contributed by atoms with Crippen LogP contribution in [0.2, 0.25) is 0 Å². The Bertz CT molecular complexity index is 2080. The van der Waals surface area contributed by atoms with E-state index >= 15 is 0 Å². The molecule has 2 amide bonds. The van der Waals surface area contributed by atoms with Crippen LogP contribution >= 0.6 is 15.6 Å². The molecule has 2 fully saturated rings. The van der Waals surface area contributed by atoms with E-state index in [1.165, 1.54) is 51.4 Å². The van der Waals surface area contributed by atoms with Crippen LogP contribution in [-0.4, -0.2) is 173 Å². The SMILES string of the molecule is CCCCCCCCCCCC(O)CC(=O)NC1C(OCC2OC(OP(=O)(O)O)C(NC(=O)CC(O)CCCCCCCCCCC)C(OC(=O)CC(O)CCCCCCCCCCC)C2O)OC(COP(=O)(O)O)C(O)C1OC(=O)CC(O)CCCCCCCCCCC. The van der Waals surface area contributed by atoms with Crippen LogP contribution in [0.15, 0.2) is 0 Å². The maximum Gasteiger partial charge on any atom is 0.472 e. The summed E-state index contributed by atoms with van der Waals surface area (Å²) in [6, 6.07) is -3.66. The second kappa shape index (κ2) is 53.6. The molecular formula is C68H130N2O23P2. The molecule has 0 bridgehead atoms. The van der Waals surface area contributed by atoms with E-state index < -0.39 is 164 Å². The summed E-state index contributed by atoms with van der Waals surface area (Å²) in [5, 5.41) is 73.3. The lowest BCUT2D eigenvalue weighted by atomic mass is 9.95. The molecule has 2 aliphatic heterocycles. The molecule has 25 nitrogen and oxygen atoms in total. The Balaban J connectivity index is 2.53. The zero-order valence-corrected chi connectivity index (χ0v) is 60.1. The molecule has 95 heavy (non-hydrogen) atoms. The Labute approximate surface area is 568 Å². The summed E-state index contributed by atoms with van der Waals surface area (Å²) < 4.78 is 64.3. The van der Waals surface area contributed by atoms with E-state index in [0.717, 1.165) is 154 Å². The third-order valence-electron chi connectivity index (χ3n) is 17.8. The number of amides is 2. The number of carbonyl (C=O) groups excluding carboxylic acids is 4. The van der Waals surface area contributed by atoms with Gasteiger partial charge in [0, 0.05) is 0 Å². The zero-order valence-electron chi connectivity index (χ0n) is 58.3. The number of nitrogens with one attached hydrogen (secondary N) is 2. The van der Waals surface area contributed by atoms with Crippen LogP contribution in [0.25, 0.3) is 0 Å². The third kappa shape index (κ3) is 43.9. The molecule has 0 aromatic heterocycles. The monoisotopic (exact) mass is 1400 g/mol. The van der Waals surface area contributed by atoms with Crippen molar-refractivity contribution in [3.05, 3.63) is 0 Å². The van der Waals surface area contributed by atoms with Crippen LogP contribution in [0.5, 0.6) is 0 Å². The summed E-state index contributed by atoms with van der Waals surface area (Å²) in [6.07, 6.45) is 14.3. The van der Waals surface area contributed by atoms with Gasteiger partial charge in [0.15, 0.2) is 24.8 Å². The van der Waals surface area contributed by atoms with Gasteiger partial charge in [0.05, 0.1) is 63.3 Å². The van der Waals surface area contributed by atoms with Crippen molar-refractivity contribution >= 4 is 39.4 Å². The van der Waals surface area contributed by atoms with Gasteiger partial charge < -0.3 is 84.5 Å². The molecule has 2 saturated heterocycles. The predicted octanol–water partition coefficient (Wildman–Crippen LogP) is 10.9. The van der Waals surface area contributed by atoms with E-state index in [0.29, 0.717) is 25.7 Å². The maximum atomic E-state index is 14.0. The van der Waals surface area contributed by atoms with Gasteiger partial charge in [0.1, 0.15) is 36.5 Å². The Morgan fingerprint density at radius 2 is 0.663 bits per heavy atom. The first-order valence-electron chi connectivity index (χ1n) is 36.8. The summed E-state index contributed by atoms with van der Waals surface area (Å²) in [7, 11) is -10.9. The van der Waals surface area contributed by atoms with Gasteiger partial charge in [-0.1, -0.05) is 259 Å². The van der Waals surface area contributed by atoms with Gasteiger partial charge in [-0.05, 0) is 25.7 Å². The van der Waals surface area contributed by atoms with Gasteiger partial charge in [-0.15, -0.1) is 0 Å². The fourth-order valence-corrected chi connectivity index (χ4v) is 13.1. The van der Waals surface area contributed by atoms with Crippen LogP contribution in [-0.2, 0) is 61.0 Å². The van der Waals surface area contributed by atoms with E-state index in [1.54, 1.807) is 0 Å². The smallest absolute Gasteiger partial charge is 0.457 e. The number of phosphoric ester groups is 2. The highest BCUT2D eigenvalue weighted by atomic mass is 31.2. The van der Waals surface area contributed by atoms with Crippen molar-refractivity contribution < 1.29 is 111 Å². The number of ether oxygens (including phenoxy) is 5. The van der Waals surface area contributed by atoms with Crippen LogP contribution < -0.4 is 10.6 Å². The molecule has 2 heterocycles. The number of esters is 2. The molecular weight excluding hydrogens is 1270 g/mol. The minimum Gasteiger partial charge on any atom is -0.457 e. The first-order chi connectivity index (χ1) is 45.4. The second-order valence-electron chi connectivity index (χ2n) is 26.8. The van der Waals surface area contributed by atoms with Crippen molar-refractivity contribution in [1.82, 2.24) is 10.6 Å². The van der Waals surface area contributed by atoms with Crippen molar-refractivity contribution in [1.29, 1.82) is 0 Å². The summed E-state index contributed by atoms with van der Waals surface area (Å²) in [4.78, 5) is 95.4. The summed E-state index contributed by atoms with van der Waals surface area (Å²) in [6.45, 7) is 6.57. The molecule has 12 N–H and O–H groups in total. The minimum absolute atomic E-state index is 0.210. The van der Waals surface area contributed by atoms with Crippen molar-refractivity contribution in [2.45, 2.75) is 396 Å². The number of phosphoric acid groups is 2. The molecule has 14 unspecified atom stereocenters. The van der Waals surface area contributed by atoms with Gasteiger partial charge >= 0.3 is 27.6 Å². The Morgan fingerprint density at radius 1 is 0.389 bits per heavy atom. The Morgan fingerprint density at radius 3 is 0.968 bits per heavy atom. The Hall–Kier alpha value is -2.26. The van der Waals surface area contributed by atoms with Gasteiger partial charge in [0.2, 0.25) is 11.8 Å². The van der Waals surface area contributed by atoms with E-state index in [4.69, 9.17) is 32.7 Å². The first kappa shape index (κ1) is 88.8. The van der Waals surface area contributed by atoms with Crippen LogP contribution in [0.4, 0.5) is 0 Å². The highest BCUT2D eigenvalue weighted by Gasteiger charge is 2.53. The van der Waals surface area contributed by atoms with E-state index in [1.807, 2.05) is 0 Å². The molecule has 0 saturated carbocycles. The maximum absolute atomic E-state index is 14.0. The van der Waals surface area contributed by atoms with Gasteiger partial charge in [-0.2, -0.15) is 0 Å². The molecule has 14 atom stereocenters. The van der Waals surface area contributed by atoms with Crippen molar-refractivity contribution in [2.75, 3.05) is 13.2 Å². The van der Waals surface area contributed by atoms with Crippen LogP contribution in [0, 0.1) is 0 Å². The van der Waals surface area contributed by atoms with Crippen molar-refractivity contribution in [2.24, 2.45) is 0 Å². The lowest BCUT2D eigenvalue weighted by Crippen LogP contribution is -2.68. The molecule has 0 radical (unpaired) electrons. The van der Waals surface area contributed by atoms with E-state index in [9.17, 15) is 78.5 Å². The van der Waals surface area contributed by atoms with Crippen molar-refractivity contribution in [3.63, 3.8) is 0 Å². The number of aliphatic hydroxyl groups is 6. The lowest BCUT2D eigenvalue weighted by Gasteiger charge is -2.46. The second-order valence-corrected chi connectivity index (χ2v) is 29.2. The average Bonchev–Trinajstić information content (AvgIpc) is 0.791. The molecule has 0 aliphatic carbocycles. The summed E-state index contributed by atoms with van der Waals surface area (Å²) >= 11 is 0. The van der Waals surface area contributed by atoms with Crippen LogP contribution in [0.3, 0.4) is 0 Å². The number of aliphatic hydroxyl groups excluding tert-OH is 6. The highest BCUT2D eigenvalue weighted by molar-refractivity contribution is 7.46. The number of carbonyl (C=O) groups is 4. The topological polar surface area (TPSA) is 393 Å². The van der Waals surface area contributed by atoms with Gasteiger partial charge in [0.25, 0.3) is 0 Å². The largest absolute Gasteiger partial charge is 0.472 e. The normalized spacial score (nSPS) is 23.0. The zero-order chi connectivity index (χ0) is 70.3. The first-order valence-corrected chi connectivity index (χ1v) is 39.9. The number of hydrogen-bond acceptors (Lipinski definition) is 19. The van der Waals surface area contributed by atoms with Crippen molar-refractivity contribution in [3.8, 4) is 0 Å². The van der Waals surface area contributed by atoms with Gasteiger partial charge in [-0.3, -0.25) is 28.2 Å². The number of unbranched alkanes of at least 4 members (excludes halogenated alkanes) is 32. The molecule has 2 rings (SSSR count). The van der Waals surface area contributed by atoms with Crippen LogP contribution in [0.1, 0.15) is 310 Å². The fraction of sp³-hybridized carbons (Fsp3) is 0.941. The van der Waals surface area contributed by atoms with E-state index in [-0.39, 0.29) is 25.7 Å². The highest BCUT2D eigenvalue weighted by Crippen LogP contribution is 2.42. The lowest BCUT2D eigenvalue weighted by molar-refractivity contribution is -0.298. The molecule has 2 aliphatic rings. The molecule has 0 aromatic rings. The molecule has 560 valence electrons. The summed E-state index contributed by atoms with van der Waals surface area (Å²) in [5.41, 5.74) is 0. The number of hydrogen-bond donors (Lipinski definition) is 12. The number of rotatable bonds is 60. The summed E-state index contributed by atoms with van der Waals surface area (Å²) in [5.74, 6) is -3.91. The fourth-order valence-electron chi connectivity index (χ4n) is 12.3.